The predicted molar refractivity (Wildman–Crippen MR) is 51.2 cm³/mol. The Morgan fingerprint density at radius 1 is 1.27 bits per heavy atom. The van der Waals surface area contributed by atoms with Crippen molar-refractivity contribution in [3.8, 4) is 11.5 Å². The zero-order valence-electron chi connectivity index (χ0n) is 8.16. The molecule has 0 saturated carbocycles. The highest BCUT2D eigenvalue weighted by molar-refractivity contribution is 5.48. The monoisotopic (exact) mass is 213 g/mol. The number of benzene rings is 1. The van der Waals surface area contributed by atoms with Gasteiger partial charge in [0.25, 0.3) is 0 Å². The second-order valence-electron chi connectivity index (χ2n) is 3.18. The quantitative estimate of drug-likeness (QED) is 0.762. The van der Waals surface area contributed by atoms with Crippen molar-refractivity contribution in [2.75, 3.05) is 19.8 Å². The van der Waals surface area contributed by atoms with E-state index in [1.807, 2.05) is 0 Å². The van der Waals surface area contributed by atoms with E-state index >= 15 is 0 Å². The van der Waals surface area contributed by atoms with Gasteiger partial charge in [0, 0.05) is 12.0 Å². The van der Waals surface area contributed by atoms with Gasteiger partial charge in [0.1, 0.15) is 13.2 Å². The number of nitrogens with two attached hydrogens (primary N) is 1. The lowest BCUT2D eigenvalue weighted by Gasteiger charge is -2.21. The summed E-state index contributed by atoms with van der Waals surface area (Å²) in [5.74, 6) is 5.20. The number of hydrogen-bond acceptors (Lipinski definition) is 4. The third-order valence-electron chi connectivity index (χ3n) is 2.21. The predicted octanol–water partition coefficient (Wildman–Crippen LogP) is 1.03. The first-order valence-corrected chi connectivity index (χ1v) is 4.71. The highest BCUT2D eigenvalue weighted by Crippen LogP contribution is 2.36. The Labute approximate surface area is 86.7 Å². The van der Waals surface area contributed by atoms with Crippen LogP contribution in [0.3, 0.4) is 0 Å². The molecule has 1 aliphatic rings. The Bertz CT molecular complexity index is 357. The molecule has 0 saturated heterocycles. The molecule has 0 bridgehead atoms. The lowest BCUT2D eigenvalue weighted by Crippen LogP contribution is -2.18. The van der Waals surface area contributed by atoms with Crippen molar-refractivity contribution in [1.29, 1.82) is 0 Å². The molecule has 0 aliphatic carbocycles. The fourth-order valence-corrected chi connectivity index (χ4v) is 1.53. The third kappa shape index (κ3) is 2.03. The van der Waals surface area contributed by atoms with E-state index in [2.05, 4.69) is 4.84 Å². The molecule has 0 spiro atoms. The van der Waals surface area contributed by atoms with Crippen molar-refractivity contribution >= 4 is 0 Å². The van der Waals surface area contributed by atoms with Crippen LogP contribution in [0.15, 0.2) is 12.1 Å². The largest absolute Gasteiger partial charge is 0.486 e. The minimum Gasteiger partial charge on any atom is -0.486 e. The van der Waals surface area contributed by atoms with Crippen molar-refractivity contribution in [3.05, 3.63) is 23.5 Å². The van der Waals surface area contributed by atoms with Gasteiger partial charge in [-0.05, 0) is 6.07 Å². The molecule has 15 heavy (non-hydrogen) atoms. The van der Waals surface area contributed by atoms with E-state index in [0.29, 0.717) is 32.0 Å². The van der Waals surface area contributed by atoms with E-state index in [9.17, 15) is 4.39 Å². The Morgan fingerprint density at radius 3 is 2.73 bits per heavy atom. The first-order valence-electron chi connectivity index (χ1n) is 4.71. The molecule has 5 heteroatoms. The van der Waals surface area contributed by atoms with Crippen molar-refractivity contribution in [2.24, 2.45) is 5.90 Å². The van der Waals surface area contributed by atoms with Crippen LogP contribution in [0.25, 0.3) is 0 Å². The average molecular weight is 213 g/mol. The highest BCUT2D eigenvalue weighted by Gasteiger charge is 2.19. The van der Waals surface area contributed by atoms with Gasteiger partial charge in [-0.2, -0.15) is 0 Å². The van der Waals surface area contributed by atoms with Gasteiger partial charge in [-0.3, -0.25) is 0 Å². The molecule has 2 rings (SSSR count). The van der Waals surface area contributed by atoms with Crippen LogP contribution in [0.2, 0.25) is 0 Å². The molecule has 0 fully saturated rings. The van der Waals surface area contributed by atoms with Crippen LogP contribution in [0.5, 0.6) is 11.5 Å². The molecule has 0 unspecified atom stereocenters. The number of ether oxygens (including phenoxy) is 2. The summed E-state index contributed by atoms with van der Waals surface area (Å²) in [4.78, 5) is 4.48. The second-order valence-corrected chi connectivity index (χ2v) is 3.18. The Balaban J connectivity index is 2.30. The van der Waals surface area contributed by atoms with E-state index in [4.69, 9.17) is 15.4 Å². The highest BCUT2D eigenvalue weighted by atomic mass is 19.1. The Hall–Kier alpha value is -1.33. The standard InChI is InChI=1S/C10H12FNO3/c11-8-2-1-7(3-4-15-12)9-10(8)14-6-5-13-9/h1-2H,3-6,12H2. The minimum atomic E-state index is -0.401. The summed E-state index contributed by atoms with van der Waals surface area (Å²) < 4.78 is 23.9. The van der Waals surface area contributed by atoms with Crippen molar-refractivity contribution < 1.29 is 18.7 Å². The number of hydrogen-bond donors (Lipinski definition) is 1. The average Bonchev–Trinajstić information content (AvgIpc) is 2.29. The first kappa shape index (κ1) is 10.2. The maximum Gasteiger partial charge on any atom is 0.197 e. The van der Waals surface area contributed by atoms with Gasteiger partial charge in [-0.25, -0.2) is 10.3 Å². The molecule has 1 heterocycles. The van der Waals surface area contributed by atoms with Crippen LogP contribution in [-0.2, 0) is 11.3 Å². The van der Waals surface area contributed by atoms with Gasteiger partial charge in [-0.15, -0.1) is 0 Å². The zero-order chi connectivity index (χ0) is 10.7. The van der Waals surface area contributed by atoms with Crippen molar-refractivity contribution in [1.82, 2.24) is 0 Å². The molecular weight excluding hydrogens is 201 g/mol. The van der Waals surface area contributed by atoms with Crippen LogP contribution in [0.1, 0.15) is 5.56 Å². The van der Waals surface area contributed by atoms with E-state index in [1.54, 1.807) is 6.07 Å². The lowest BCUT2D eigenvalue weighted by atomic mass is 10.1. The van der Waals surface area contributed by atoms with Gasteiger partial charge in [0.2, 0.25) is 0 Å². The molecule has 0 atom stereocenters. The second kappa shape index (κ2) is 4.46. The van der Waals surface area contributed by atoms with Crippen molar-refractivity contribution in [3.63, 3.8) is 0 Å². The molecule has 0 radical (unpaired) electrons. The topological polar surface area (TPSA) is 53.7 Å². The van der Waals surface area contributed by atoms with Gasteiger partial charge >= 0.3 is 0 Å². The molecule has 2 N–H and O–H groups in total. The summed E-state index contributed by atoms with van der Waals surface area (Å²) in [5.41, 5.74) is 0.844. The molecular formula is C10H12FNO3. The van der Waals surface area contributed by atoms with Crippen LogP contribution < -0.4 is 15.4 Å². The Morgan fingerprint density at radius 2 is 2.00 bits per heavy atom. The summed E-state index contributed by atoms with van der Waals surface area (Å²) in [7, 11) is 0. The molecule has 1 aromatic carbocycles. The number of halogens is 1. The smallest absolute Gasteiger partial charge is 0.197 e. The van der Waals surface area contributed by atoms with E-state index in [-0.39, 0.29) is 5.75 Å². The summed E-state index contributed by atoms with van der Waals surface area (Å²) in [6, 6.07) is 3.02. The maximum absolute atomic E-state index is 13.3. The molecule has 4 nitrogen and oxygen atoms in total. The number of fused-ring (bicyclic) bond motifs is 1. The first-order chi connectivity index (χ1) is 7.33. The van der Waals surface area contributed by atoms with E-state index < -0.39 is 5.82 Å². The van der Waals surface area contributed by atoms with E-state index in [1.165, 1.54) is 6.07 Å². The number of rotatable bonds is 3. The van der Waals surface area contributed by atoms with Crippen LogP contribution in [-0.4, -0.2) is 19.8 Å². The van der Waals surface area contributed by atoms with Crippen LogP contribution in [0, 0.1) is 5.82 Å². The van der Waals surface area contributed by atoms with Crippen LogP contribution >= 0.6 is 0 Å². The molecule has 1 aromatic rings. The normalized spacial score (nSPS) is 14.0. The summed E-state index contributed by atoms with van der Waals surface area (Å²) in [5, 5.41) is 0. The van der Waals surface area contributed by atoms with Gasteiger partial charge in [0.15, 0.2) is 17.3 Å². The maximum atomic E-state index is 13.3. The molecule has 1 aliphatic heterocycles. The van der Waals surface area contributed by atoms with E-state index in [0.717, 1.165) is 5.56 Å². The molecule has 0 aromatic heterocycles. The summed E-state index contributed by atoms with van der Waals surface area (Å²) in [6.45, 7) is 1.18. The Kier molecular flexibility index (Phi) is 3.03. The fraction of sp³-hybridized carbons (Fsp3) is 0.400. The van der Waals surface area contributed by atoms with Gasteiger partial charge < -0.3 is 14.3 Å². The summed E-state index contributed by atoms with van der Waals surface area (Å²) >= 11 is 0. The van der Waals surface area contributed by atoms with Crippen molar-refractivity contribution in [2.45, 2.75) is 6.42 Å². The minimum absolute atomic E-state index is 0.191. The fourth-order valence-electron chi connectivity index (χ4n) is 1.53. The molecule has 82 valence electrons. The SMILES string of the molecule is NOCCc1ccc(F)c2c1OCCO2. The third-order valence-corrected chi connectivity index (χ3v) is 2.21. The van der Waals surface area contributed by atoms with Crippen LogP contribution in [0.4, 0.5) is 4.39 Å². The molecule has 0 amide bonds. The lowest BCUT2D eigenvalue weighted by molar-refractivity contribution is 0.137. The summed E-state index contributed by atoms with van der Waals surface area (Å²) in [6.07, 6.45) is 0.572. The van der Waals surface area contributed by atoms with Gasteiger partial charge in [0.05, 0.1) is 6.61 Å². The zero-order valence-corrected chi connectivity index (χ0v) is 8.16. The van der Waals surface area contributed by atoms with Gasteiger partial charge in [-0.1, -0.05) is 6.07 Å².